The molecule has 1 aliphatic heterocycles. The number of benzene rings is 2. The highest BCUT2D eigenvalue weighted by Gasteiger charge is 2.21. The highest BCUT2D eigenvalue weighted by molar-refractivity contribution is 5.92. The quantitative estimate of drug-likeness (QED) is 0.827. The number of rotatable bonds is 4. The molecular formula is C21H22N4O3. The van der Waals surface area contributed by atoms with Crippen molar-refractivity contribution in [1.29, 1.82) is 5.26 Å². The molecule has 3 rings (SSSR count). The second kappa shape index (κ2) is 9.02. The van der Waals surface area contributed by atoms with Crippen LogP contribution in [0, 0.1) is 11.3 Å². The lowest BCUT2D eigenvalue weighted by atomic mass is 10.1. The number of anilines is 1. The fourth-order valence-electron chi connectivity index (χ4n) is 3.06. The van der Waals surface area contributed by atoms with Gasteiger partial charge in [0.15, 0.2) is 0 Å². The predicted molar refractivity (Wildman–Crippen MR) is 105 cm³/mol. The molecule has 7 nitrogen and oxygen atoms in total. The Morgan fingerprint density at radius 1 is 1.04 bits per heavy atom. The normalized spacial score (nSPS) is 14.2. The first kappa shape index (κ1) is 19.4. The van der Waals surface area contributed by atoms with Crippen LogP contribution < -0.4 is 5.32 Å². The molecule has 1 saturated heterocycles. The minimum Gasteiger partial charge on any atom is -0.465 e. The SMILES string of the molecule is COC(=O)c1ccc(NC(=O)N2CCN(Cc3ccc(C#N)cc3)CC2)cc1. The van der Waals surface area contributed by atoms with Crippen molar-refractivity contribution in [3.63, 3.8) is 0 Å². The lowest BCUT2D eigenvalue weighted by Gasteiger charge is -2.34. The lowest BCUT2D eigenvalue weighted by Crippen LogP contribution is -2.49. The van der Waals surface area contributed by atoms with Crippen LogP contribution in [0.2, 0.25) is 0 Å². The first-order valence-corrected chi connectivity index (χ1v) is 9.05. The summed E-state index contributed by atoms with van der Waals surface area (Å²) in [5.41, 5.74) is 2.89. The molecule has 0 radical (unpaired) electrons. The Morgan fingerprint density at radius 2 is 1.68 bits per heavy atom. The number of carbonyl (C=O) groups is 2. The maximum atomic E-state index is 12.5. The van der Waals surface area contributed by atoms with Gasteiger partial charge in [0.2, 0.25) is 0 Å². The summed E-state index contributed by atoms with van der Waals surface area (Å²) in [6.45, 7) is 3.66. The number of ether oxygens (including phenoxy) is 1. The van der Waals surface area contributed by atoms with Crippen LogP contribution in [0.5, 0.6) is 0 Å². The highest BCUT2D eigenvalue weighted by atomic mass is 16.5. The minimum atomic E-state index is -0.406. The van der Waals surface area contributed by atoms with Crippen molar-refractivity contribution in [2.24, 2.45) is 0 Å². The number of urea groups is 1. The summed E-state index contributed by atoms with van der Waals surface area (Å²) in [5, 5.41) is 11.7. The molecule has 0 spiro atoms. The summed E-state index contributed by atoms with van der Waals surface area (Å²) >= 11 is 0. The van der Waals surface area contributed by atoms with Crippen molar-refractivity contribution in [3.8, 4) is 6.07 Å². The van der Waals surface area contributed by atoms with E-state index in [0.717, 1.165) is 25.2 Å². The van der Waals surface area contributed by atoms with Crippen molar-refractivity contribution < 1.29 is 14.3 Å². The molecular weight excluding hydrogens is 356 g/mol. The van der Waals surface area contributed by atoms with Gasteiger partial charge in [0.1, 0.15) is 0 Å². The monoisotopic (exact) mass is 378 g/mol. The maximum absolute atomic E-state index is 12.5. The van der Waals surface area contributed by atoms with Crippen molar-refractivity contribution in [2.75, 3.05) is 38.6 Å². The number of nitrogens with one attached hydrogen (secondary N) is 1. The molecule has 1 heterocycles. The number of nitriles is 1. The zero-order valence-corrected chi connectivity index (χ0v) is 15.7. The van der Waals surface area contributed by atoms with E-state index in [9.17, 15) is 9.59 Å². The molecule has 0 aromatic heterocycles. The van der Waals surface area contributed by atoms with Gasteiger partial charge in [-0.3, -0.25) is 4.90 Å². The van der Waals surface area contributed by atoms with E-state index in [1.807, 2.05) is 24.3 Å². The Labute approximate surface area is 164 Å². The summed E-state index contributed by atoms with van der Waals surface area (Å²) in [7, 11) is 1.33. The van der Waals surface area contributed by atoms with E-state index in [0.29, 0.717) is 29.9 Å². The molecule has 0 unspecified atom stereocenters. The van der Waals surface area contributed by atoms with E-state index in [4.69, 9.17) is 5.26 Å². The second-order valence-corrected chi connectivity index (χ2v) is 6.57. The molecule has 2 aromatic rings. The van der Waals surface area contributed by atoms with E-state index in [1.54, 1.807) is 29.2 Å². The van der Waals surface area contributed by atoms with Crippen LogP contribution in [-0.4, -0.2) is 55.1 Å². The molecule has 0 bridgehead atoms. The number of methoxy groups -OCH3 is 1. The summed E-state index contributed by atoms with van der Waals surface area (Å²) < 4.78 is 4.66. The fourth-order valence-corrected chi connectivity index (χ4v) is 3.06. The van der Waals surface area contributed by atoms with Crippen molar-refractivity contribution in [2.45, 2.75) is 6.54 Å². The average molecular weight is 378 g/mol. The second-order valence-electron chi connectivity index (χ2n) is 6.57. The summed E-state index contributed by atoms with van der Waals surface area (Å²) in [4.78, 5) is 28.0. The number of piperazine rings is 1. The number of hydrogen-bond acceptors (Lipinski definition) is 5. The van der Waals surface area contributed by atoms with Crippen LogP contribution in [0.4, 0.5) is 10.5 Å². The molecule has 1 aliphatic rings. The van der Waals surface area contributed by atoms with Crippen LogP contribution >= 0.6 is 0 Å². The van der Waals surface area contributed by atoms with Gasteiger partial charge in [-0.1, -0.05) is 12.1 Å². The van der Waals surface area contributed by atoms with E-state index in [-0.39, 0.29) is 6.03 Å². The summed E-state index contributed by atoms with van der Waals surface area (Å²) in [6.07, 6.45) is 0. The van der Waals surface area contributed by atoms with Gasteiger partial charge in [-0.05, 0) is 42.0 Å². The van der Waals surface area contributed by atoms with E-state index >= 15 is 0 Å². The molecule has 1 N–H and O–H groups in total. The predicted octanol–water partition coefficient (Wildman–Crippen LogP) is 2.69. The van der Waals surface area contributed by atoms with Crippen LogP contribution in [0.3, 0.4) is 0 Å². The summed E-state index contributed by atoms with van der Waals surface area (Å²) in [5.74, 6) is -0.406. The molecule has 28 heavy (non-hydrogen) atoms. The third-order valence-corrected chi connectivity index (χ3v) is 4.71. The third kappa shape index (κ3) is 4.87. The molecule has 2 amide bonds. The molecule has 0 saturated carbocycles. The van der Waals surface area contributed by atoms with Crippen LogP contribution in [0.1, 0.15) is 21.5 Å². The molecule has 144 valence electrons. The van der Waals surface area contributed by atoms with Crippen LogP contribution in [0.25, 0.3) is 0 Å². The highest BCUT2D eigenvalue weighted by Crippen LogP contribution is 2.13. The molecule has 0 atom stereocenters. The molecule has 0 aliphatic carbocycles. The lowest BCUT2D eigenvalue weighted by molar-refractivity contribution is 0.0600. The average Bonchev–Trinajstić information content (AvgIpc) is 2.74. The minimum absolute atomic E-state index is 0.149. The van der Waals surface area contributed by atoms with Gasteiger partial charge in [-0.2, -0.15) is 5.26 Å². The van der Waals surface area contributed by atoms with Gasteiger partial charge in [-0.15, -0.1) is 0 Å². The standard InChI is InChI=1S/C21H22N4O3/c1-28-20(26)18-6-8-19(9-7-18)23-21(27)25-12-10-24(11-13-25)15-17-4-2-16(14-22)3-5-17/h2-9H,10-13,15H2,1H3,(H,23,27). The fraction of sp³-hybridized carbons (Fsp3) is 0.286. The number of carbonyl (C=O) groups excluding carboxylic acids is 2. The van der Waals surface area contributed by atoms with Gasteiger partial charge < -0.3 is 15.0 Å². The van der Waals surface area contributed by atoms with Gasteiger partial charge in [0.05, 0.1) is 24.3 Å². The van der Waals surface area contributed by atoms with Crippen LogP contribution in [0.15, 0.2) is 48.5 Å². The topological polar surface area (TPSA) is 85.7 Å². The van der Waals surface area contributed by atoms with Gasteiger partial charge in [0, 0.05) is 38.4 Å². The molecule has 2 aromatic carbocycles. The Morgan fingerprint density at radius 3 is 2.25 bits per heavy atom. The Bertz CT molecular complexity index is 864. The van der Waals surface area contributed by atoms with Crippen molar-refractivity contribution >= 4 is 17.7 Å². The number of nitrogens with zero attached hydrogens (tertiary/aromatic N) is 3. The Balaban J connectivity index is 1.48. The largest absolute Gasteiger partial charge is 0.465 e. The smallest absolute Gasteiger partial charge is 0.337 e. The first-order chi connectivity index (χ1) is 13.6. The molecule has 1 fully saturated rings. The van der Waals surface area contributed by atoms with Crippen molar-refractivity contribution in [3.05, 3.63) is 65.2 Å². The zero-order chi connectivity index (χ0) is 19.9. The van der Waals surface area contributed by atoms with Gasteiger partial charge in [-0.25, -0.2) is 9.59 Å². The van der Waals surface area contributed by atoms with Crippen LogP contribution in [-0.2, 0) is 11.3 Å². The van der Waals surface area contributed by atoms with Crippen molar-refractivity contribution in [1.82, 2.24) is 9.80 Å². The van der Waals surface area contributed by atoms with E-state index in [2.05, 4.69) is 21.0 Å². The zero-order valence-electron chi connectivity index (χ0n) is 15.7. The third-order valence-electron chi connectivity index (χ3n) is 4.71. The number of esters is 1. The number of hydrogen-bond donors (Lipinski definition) is 1. The van der Waals surface area contributed by atoms with Gasteiger partial charge >= 0.3 is 12.0 Å². The van der Waals surface area contributed by atoms with E-state index in [1.165, 1.54) is 7.11 Å². The van der Waals surface area contributed by atoms with Gasteiger partial charge in [0.25, 0.3) is 0 Å². The molecule has 7 heteroatoms. The Kier molecular flexibility index (Phi) is 6.25. The number of amides is 2. The summed E-state index contributed by atoms with van der Waals surface area (Å²) in [6, 6.07) is 16.2. The van der Waals surface area contributed by atoms with E-state index < -0.39 is 5.97 Å². The Hall–Kier alpha value is -3.37. The maximum Gasteiger partial charge on any atom is 0.337 e. The first-order valence-electron chi connectivity index (χ1n) is 9.05.